The molecule has 12 heavy (non-hydrogen) atoms. The number of hydrogen-bond donors (Lipinski definition) is 1. The van der Waals surface area contributed by atoms with E-state index in [0.29, 0.717) is 11.4 Å². The van der Waals surface area contributed by atoms with Gasteiger partial charge in [0.1, 0.15) is 0 Å². The van der Waals surface area contributed by atoms with Crippen LogP contribution in [0.25, 0.3) is 0 Å². The lowest BCUT2D eigenvalue weighted by Gasteiger charge is -2.12. The highest BCUT2D eigenvalue weighted by Crippen LogP contribution is 2.08. The molecule has 0 aliphatic rings. The zero-order valence-electron chi connectivity index (χ0n) is 7.15. The van der Waals surface area contributed by atoms with E-state index in [1.807, 2.05) is 0 Å². The van der Waals surface area contributed by atoms with E-state index < -0.39 is 0 Å². The van der Waals surface area contributed by atoms with Crippen LogP contribution in [0.15, 0.2) is 0 Å². The summed E-state index contributed by atoms with van der Waals surface area (Å²) in [4.78, 5) is 0. The molecular formula is C6H12N4OS. The molecule has 1 rings (SSSR count). The van der Waals surface area contributed by atoms with Crippen LogP contribution in [0, 0.1) is 4.77 Å². The smallest absolute Gasteiger partial charge is 0.238 e. The Bertz CT molecular complexity index is 281. The Morgan fingerprint density at radius 2 is 2.50 bits per heavy atom. The molecule has 1 aromatic rings. The number of ether oxygens (including phenoxy) is 1. The highest BCUT2D eigenvalue weighted by atomic mass is 32.1. The first kappa shape index (κ1) is 9.34. The molecule has 0 saturated carbocycles. The van der Waals surface area contributed by atoms with Gasteiger partial charge in [-0.1, -0.05) is 17.2 Å². The molecule has 0 saturated heterocycles. The first-order valence-electron chi connectivity index (χ1n) is 3.78. The summed E-state index contributed by atoms with van der Waals surface area (Å²) in [5.74, 6) is 0. The van der Waals surface area contributed by atoms with Crippen molar-refractivity contribution in [3.8, 4) is 0 Å². The molecule has 0 amide bonds. The standard InChI is InChI=1S/C6H12N4OS/c1-3-5(4-11-2)10-6(12)7-8-9-10/h5H,3-4H2,1-2H3,(H,7,9,12). The number of tetrazole rings is 1. The Morgan fingerprint density at radius 3 is 2.92 bits per heavy atom. The van der Waals surface area contributed by atoms with Crippen LogP contribution in [-0.4, -0.2) is 33.9 Å². The van der Waals surface area contributed by atoms with Gasteiger partial charge in [-0.15, -0.1) is 0 Å². The molecule has 0 fully saturated rings. The second kappa shape index (κ2) is 4.32. The number of nitrogens with zero attached hydrogens (tertiary/aromatic N) is 3. The third-order valence-electron chi connectivity index (χ3n) is 1.69. The fourth-order valence-electron chi connectivity index (χ4n) is 1.01. The monoisotopic (exact) mass is 188 g/mol. The Labute approximate surface area is 75.7 Å². The van der Waals surface area contributed by atoms with Crippen molar-refractivity contribution < 1.29 is 4.74 Å². The molecule has 1 heterocycles. The average Bonchev–Trinajstić information content (AvgIpc) is 2.47. The molecule has 5 nitrogen and oxygen atoms in total. The molecule has 0 bridgehead atoms. The van der Waals surface area contributed by atoms with Gasteiger partial charge >= 0.3 is 0 Å². The van der Waals surface area contributed by atoms with Crippen molar-refractivity contribution in [3.63, 3.8) is 0 Å². The van der Waals surface area contributed by atoms with Crippen LogP contribution in [0.3, 0.4) is 0 Å². The Balaban J connectivity index is 2.79. The Morgan fingerprint density at radius 1 is 1.75 bits per heavy atom. The summed E-state index contributed by atoms with van der Waals surface area (Å²) < 4.78 is 7.24. The second-order valence-corrected chi connectivity index (χ2v) is 2.84. The third-order valence-corrected chi connectivity index (χ3v) is 1.97. The maximum absolute atomic E-state index is 5.03. The fourth-order valence-corrected chi connectivity index (χ4v) is 1.24. The highest BCUT2D eigenvalue weighted by Gasteiger charge is 2.09. The van der Waals surface area contributed by atoms with Crippen LogP contribution in [0.2, 0.25) is 0 Å². The number of H-pyrrole nitrogens is 1. The maximum Gasteiger partial charge on any atom is 0.238 e. The van der Waals surface area contributed by atoms with E-state index in [1.165, 1.54) is 0 Å². The second-order valence-electron chi connectivity index (χ2n) is 2.47. The molecule has 1 N–H and O–H groups in total. The lowest BCUT2D eigenvalue weighted by molar-refractivity contribution is 0.145. The summed E-state index contributed by atoms with van der Waals surface area (Å²) in [6.07, 6.45) is 0.937. The molecular weight excluding hydrogens is 176 g/mol. The quantitative estimate of drug-likeness (QED) is 0.714. The number of aromatic nitrogens is 4. The SMILES string of the molecule is CCC(COC)n1[nH]nnc1=S. The van der Waals surface area contributed by atoms with Crippen LogP contribution in [0.4, 0.5) is 0 Å². The van der Waals surface area contributed by atoms with Crippen molar-refractivity contribution in [1.29, 1.82) is 0 Å². The van der Waals surface area contributed by atoms with Crippen molar-refractivity contribution in [1.82, 2.24) is 20.2 Å². The fraction of sp³-hybridized carbons (Fsp3) is 0.833. The maximum atomic E-state index is 5.03. The topological polar surface area (TPSA) is 55.7 Å². The van der Waals surface area contributed by atoms with Crippen LogP contribution >= 0.6 is 12.2 Å². The number of methoxy groups -OCH3 is 1. The van der Waals surface area contributed by atoms with Crippen LogP contribution in [0.5, 0.6) is 0 Å². The van der Waals surface area contributed by atoms with Gasteiger partial charge < -0.3 is 4.74 Å². The molecule has 0 aromatic carbocycles. The van der Waals surface area contributed by atoms with Crippen molar-refractivity contribution in [3.05, 3.63) is 4.77 Å². The summed E-state index contributed by atoms with van der Waals surface area (Å²) in [5, 5.41) is 10.00. The van der Waals surface area contributed by atoms with Gasteiger partial charge in [-0.2, -0.15) is 5.21 Å². The molecule has 6 heteroatoms. The van der Waals surface area contributed by atoms with E-state index in [9.17, 15) is 0 Å². The minimum absolute atomic E-state index is 0.206. The van der Waals surface area contributed by atoms with Gasteiger partial charge in [0, 0.05) is 7.11 Å². The van der Waals surface area contributed by atoms with E-state index in [1.54, 1.807) is 11.8 Å². The zero-order valence-corrected chi connectivity index (χ0v) is 7.97. The van der Waals surface area contributed by atoms with Crippen molar-refractivity contribution in [2.75, 3.05) is 13.7 Å². The molecule has 1 unspecified atom stereocenters. The third kappa shape index (κ3) is 1.89. The van der Waals surface area contributed by atoms with Crippen molar-refractivity contribution in [2.45, 2.75) is 19.4 Å². The predicted molar refractivity (Wildman–Crippen MR) is 46.4 cm³/mol. The van der Waals surface area contributed by atoms with E-state index in [2.05, 4.69) is 22.4 Å². The van der Waals surface area contributed by atoms with Gasteiger partial charge in [0.25, 0.3) is 0 Å². The van der Waals surface area contributed by atoms with Gasteiger partial charge in [0.2, 0.25) is 4.77 Å². The minimum Gasteiger partial charge on any atom is -0.382 e. The van der Waals surface area contributed by atoms with Gasteiger partial charge in [-0.05, 0) is 18.6 Å². The van der Waals surface area contributed by atoms with Crippen molar-refractivity contribution >= 4 is 12.2 Å². The lowest BCUT2D eigenvalue weighted by Crippen LogP contribution is -2.15. The molecule has 68 valence electrons. The number of rotatable bonds is 4. The van der Waals surface area contributed by atoms with E-state index in [4.69, 9.17) is 17.0 Å². The number of hydrogen-bond acceptors (Lipinski definition) is 4. The first-order valence-corrected chi connectivity index (χ1v) is 4.19. The van der Waals surface area contributed by atoms with Crippen LogP contribution < -0.4 is 0 Å². The minimum atomic E-state index is 0.206. The Kier molecular flexibility index (Phi) is 3.36. The normalized spacial score (nSPS) is 13.2. The molecule has 0 aliphatic heterocycles. The molecule has 1 aromatic heterocycles. The molecule has 1 atom stereocenters. The van der Waals surface area contributed by atoms with Crippen LogP contribution in [0.1, 0.15) is 19.4 Å². The van der Waals surface area contributed by atoms with Gasteiger partial charge in [0.15, 0.2) is 0 Å². The number of aromatic amines is 1. The molecule has 0 radical (unpaired) electrons. The largest absolute Gasteiger partial charge is 0.382 e. The van der Waals surface area contributed by atoms with Crippen molar-refractivity contribution in [2.24, 2.45) is 0 Å². The van der Waals surface area contributed by atoms with E-state index in [0.717, 1.165) is 6.42 Å². The summed E-state index contributed by atoms with van der Waals surface area (Å²) >= 11 is 4.94. The summed E-state index contributed by atoms with van der Waals surface area (Å²) in [5.41, 5.74) is 0. The van der Waals surface area contributed by atoms with Gasteiger partial charge in [0.05, 0.1) is 12.6 Å². The average molecular weight is 188 g/mol. The zero-order chi connectivity index (χ0) is 8.97. The van der Waals surface area contributed by atoms with E-state index >= 15 is 0 Å². The summed E-state index contributed by atoms with van der Waals surface area (Å²) in [7, 11) is 1.66. The van der Waals surface area contributed by atoms with Gasteiger partial charge in [-0.3, -0.25) is 0 Å². The van der Waals surface area contributed by atoms with Gasteiger partial charge in [-0.25, -0.2) is 4.68 Å². The lowest BCUT2D eigenvalue weighted by atomic mass is 10.2. The predicted octanol–water partition coefficient (Wildman–Crippen LogP) is 0.933. The summed E-state index contributed by atoms with van der Waals surface area (Å²) in [6.45, 7) is 2.68. The van der Waals surface area contributed by atoms with E-state index in [-0.39, 0.29) is 6.04 Å². The number of nitrogens with one attached hydrogen (secondary N) is 1. The Hall–Kier alpha value is -0.750. The van der Waals surface area contributed by atoms with Crippen LogP contribution in [-0.2, 0) is 4.74 Å². The summed E-state index contributed by atoms with van der Waals surface area (Å²) in [6, 6.07) is 0.206. The first-order chi connectivity index (χ1) is 5.79. The highest BCUT2D eigenvalue weighted by molar-refractivity contribution is 7.71. The molecule has 0 spiro atoms. The molecule has 0 aliphatic carbocycles.